The first-order valence-corrected chi connectivity index (χ1v) is 23.1. The molecule has 4 aromatic carbocycles. The van der Waals surface area contributed by atoms with Crippen LogP contribution in [-0.2, 0) is 32.7 Å². The summed E-state index contributed by atoms with van der Waals surface area (Å²) in [6.07, 6.45) is 6.34. The van der Waals surface area contributed by atoms with Crippen molar-refractivity contribution in [3.05, 3.63) is 136 Å². The van der Waals surface area contributed by atoms with Crippen LogP contribution >= 0.6 is 0 Å². The van der Waals surface area contributed by atoms with Crippen molar-refractivity contribution < 1.29 is 32.3 Å². The van der Waals surface area contributed by atoms with Gasteiger partial charge in [-0.25, -0.2) is 8.42 Å². The minimum absolute atomic E-state index is 0.115. The van der Waals surface area contributed by atoms with Crippen LogP contribution in [0.2, 0.25) is 0 Å². The van der Waals surface area contributed by atoms with E-state index in [1.165, 1.54) is 47.8 Å². The molecule has 6 aromatic rings. The third-order valence-corrected chi connectivity index (χ3v) is 13.2. The van der Waals surface area contributed by atoms with E-state index >= 15 is 0 Å². The molecule has 0 saturated carbocycles. The number of nitrogens with zero attached hydrogens (tertiary/aromatic N) is 3. The first kappa shape index (κ1) is 48.8. The molecule has 8 rings (SSSR count). The zero-order valence-electron chi connectivity index (χ0n) is 37.7. The average Bonchev–Trinajstić information content (AvgIpc) is 4.01. The fourth-order valence-electron chi connectivity index (χ4n) is 7.39. The van der Waals surface area contributed by atoms with E-state index < -0.39 is 10.0 Å². The van der Waals surface area contributed by atoms with Crippen LogP contribution in [0.1, 0.15) is 101 Å². The topological polar surface area (TPSA) is 171 Å². The van der Waals surface area contributed by atoms with E-state index in [1.807, 2.05) is 74.5 Å². The summed E-state index contributed by atoms with van der Waals surface area (Å²) in [6, 6.07) is 30.4. The van der Waals surface area contributed by atoms with Crippen LogP contribution < -0.4 is 15.4 Å². The molecule has 64 heavy (non-hydrogen) atoms. The Balaban J connectivity index is 0.000000206. The third kappa shape index (κ3) is 13.7. The number of fused-ring (bicyclic) bond motifs is 2. The summed E-state index contributed by atoms with van der Waals surface area (Å²) in [4.78, 5) is 51.7. The number of likely N-dealkylation sites (tertiary alicyclic amines) is 1. The summed E-state index contributed by atoms with van der Waals surface area (Å²) in [7, 11) is 0.391. The van der Waals surface area contributed by atoms with Crippen LogP contribution in [0.3, 0.4) is 0 Å². The Morgan fingerprint density at radius 3 is 1.91 bits per heavy atom. The number of aromatic amines is 1. The number of carbonyl (C=O) groups is 2. The molecule has 2 amide bonds. The van der Waals surface area contributed by atoms with Gasteiger partial charge in [0, 0.05) is 48.5 Å². The number of amides is 2. The number of methoxy groups -OCH3 is 1. The van der Waals surface area contributed by atoms with Crippen LogP contribution in [-0.4, -0.2) is 85.9 Å². The Hall–Kier alpha value is -6.18. The second kappa shape index (κ2) is 23.5. The van der Waals surface area contributed by atoms with Crippen molar-refractivity contribution in [3.63, 3.8) is 0 Å². The number of benzene rings is 4. The minimum Gasteiger partial charge on any atom is -0.497 e. The van der Waals surface area contributed by atoms with Gasteiger partial charge in [-0.15, -0.1) is 0 Å². The lowest BCUT2D eigenvalue weighted by Gasteiger charge is -2.20. The van der Waals surface area contributed by atoms with Crippen LogP contribution in [0.5, 0.6) is 5.75 Å². The van der Waals surface area contributed by atoms with E-state index in [1.54, 1.807) is 31.4 Å². The summed E-state index contributed by atoms with van der Waals surface area (Å²) in [6.45, 7) is 12.8. The van der Waals surface area contributed by atoms with Crippen LogP contribution in [0.25, 0.3) is 21.8 Å². The molecule has 338 valence electrons. The van der Waals surface area contributed by atoms with Crippen molar-refractivity contribution in [2.75, 3.05) is 40.3 Å². The Morgan fingerprint density at radius 1 is 0.750 bits per heavy atom. The number of carbonyl (C=O) groups excluding carboxylic acids is 4. The summed E-state index contributed by atoms with van der Waals surface area (Å²) >= 11 is 0. The number of ether oxygens (including phenoxy) is 1. The van der Waals surface area contributed by atoms with E-state index in [2.05, 4.69) is 58.5 Å². The first-order chi connectivity index (χ1) is 30.7. The van der Waals surface area contributed by atoms with Crippen molar-refractivity contribution >= 4 is 49.8 Å². The molecule has 2 fully saturated rings. The fourth-order valence-corrected chi connectivity index (χ4v) is 8.91. The molecule has 2 saturated heterocycles. The number of H-pyrrole nitrogens is 1. The molecule has 3 N–H and O–H groups in total. The highest BCUT2D eigenvalue weighted by atomic mass is 32.2. The van der Waals surface area contributed by atoms with Gasteiger partial charge in [-0.05, 0) is 125 Å². The van der Waals surface area contributed by atoms with Gasteiger partial charge in [-0.1, -0.05) is 74.4 Å². The van der Waals surface area contributed by atoms with Gasteiger partial charge < -0.3 is 25.3 Å². The van der Waals surface area contributed by atoms with Gasteiger partial charge in [0.2, 0.25) is 10.0 Å². The molecule has 0 spiro atoms. The van der Waals surface area contributed by atoms with E-state index in [-0.39, 0.29) is 18.0 Å². The Morgan fingerprint density at radius 2 is 1.33 bits per heavy atom. The van der Waals surface area contributed by atoms with Crippen LogP contribution in [0, 0.1) is 13.8 Å². The quantitative estimate of drug-likeness (QED) is 0.122. The summed E-state index contributed by atoms with van der Waals surface area (Å²) in [5, 5.41) is 7.77. The van der Waals surface area contributed by atoms with Gasteiger partial charge in [-0.3, -0.25) is 14.6 Å². The minimum atomic E-state index is -3.43. The largest absolute Gasteiger partial charge is 0.497 e. The highest BCUT2D eigenvalue weighted by molar-refractivity contribution is 7.89. The first-order valence-electron chi connectivity index (χ1n) is 21.7. The van der Waals surface area contributed by atoms with Gasteiger partial charge in [0.1, 0.15) is 11.4 Å². The highest BCUT2D eigenvalue weighted by Gasteiger charge is 2.27. The third-order valence-electron chi connectivity index (χ3n) is 11.3. The normalized spacial score (nSPS) is 14.0. The number of piperidine rings is 1. The number of hydrogen-bond acceptors (Lipinski definition) is 9. The van der Waals surface area contributed by atoms with Gasteiger partial charge in [0.05, 0.1) is 28.8 Å². The zero-order valence-corrected chi connectivity index (χ0v) is 38.5. The molecule has 0 atom stereocenters. The standard InChI is InChI=1S/C25H29N3O3S.C18H18N2O2.C6H13N.CO2/c1-17(2)20-8-9-21-14-23(18(3)27-24(21)15-20)25(29)26-16-19-6-10-22(11-7-19)32(30,31)28-12-4-5-13-28;1-12-3-5-13(6-4-12)11-19-18(21)17-9-14-7-8-15(22-2)10-16(14)20-17;1-7-5-3-2-4-6-7;2-1-3/h6-11,14-15,17H,4-5,12-13,16H2,1-3H3,(H,26,29);3-10,20H,11H2,1-2H3,(H,19,21);2-6H2,1H3;. The van der Waals surface area contributed by atoms with Crippen LogP contribution in [0.4, 0.5) is 0 Å². The average molecular weight is 889 g/mol. The number of pyridine rings is 1. The number of hydrogen-bond donors (Lipinski definition) is 3. The summed E-state index contributed by atoms with van der Waals surface area (Å²) < 4.78 is 32.0. The zero-order chi connectivity index (χ0) is 46.2. The number of sulfonamides is 1. The monoisotopic (exact) mass is 888 g/mol. The summed E-state index contributed by atoms with van der Waals surface area (Å²) in [5.74, 6) is 0.872. The number of nitrogens with one attached hydrogen (secondary N) is 3. The van der Waals surface area contributed by atoms with Gasteiger partial charge in [-0.2, -0.15) is 13.9 Å². The molecule has 14 heteroatoms. The maximum Gasteiger partial charge on any atom is 0.373 e. The summed E-state index contributed by atoms with van der Waals surface area (Å²) in [5.41, 5.74) is 7.90. The molecule has 2 aromatic heterocycles. The SMILES string of the molecule is CN1CCCCC1.COc1ccc2cc(C(=O)NCc3ccc(C)cc3)[nH]c2c1.Cc1nc2cc(C(C)C)ccc2cc1C(=O)NCc1ccc(S(=O)(=O)N2CCCC2)cc1.O=C=O. The second-order valence-electron chi connectivity index (χ2n) is 16.4. The molecule has 13 nitrogen and oxygen atoms in total. The van der Waals surface area contributed by atoms with E-state index in [0.717, 1.165) is 51.5 Å². The van der Waals surface area contributed by atoms with E-state index in [0.29, 0.717) is 53.9 Å². The molecule has 0 unspecified atom stereocenters. The lowest BCUT2D eigenvalue weighted by molar-refractivity contribution is -0.191. The van der Waals surface area contributed by atoms with E-state index in [4.69, 9.17) is 14.3 Å². The van der Waals surface area contributed by atoms with Crippen molar-refractivity contribution in [1.82, 2.24) is 29.8 Å². The van der Waals surface area contributed by atoms with Crippen molar-refractivity contribution in [1.29, 1.82) is 0 Å². The smallest absolute Gasteiger partial charge is 0.373 e. The van der Waals surface area contributed by atoms with E-state index in [9.17, 15) is 18.0 Å². The molecule has 4 heterocycles. The lowest BCUT2D eigenvalue weighted by atomic mass is 10.0. The van der Waals surface area contributed by atoms with Crippen molar-refractivity contribution in [2.24, 2.45) is 0 Å². The Bertz CT molecular complexity index is 2630. The number of rotatable bonds is 10. The van der Waals surface area contributed by atoms with Crippen LogP contribution in [0.15, 0.2) is 102 Å². The fraction of sp³-hybridized carbons (Fsp3) is 0.360. The maximum atomic E-state index is 12.8. The molecule has 2 aliphatic heterocycles. The maximum absolute atomic E-state index is 12.8. The molecule has 0 bridgehead atoms. The molecular weight excluding hydrogens is 829 g/mol. The van der Waals surface area contributed by atoms with Crippen molar-refractivity contribution in [3.8, 4) is 5.75 Å². The molecule has 0 aliphatic carbocycles. The lowest BCUT2D eigenvalue weighted by Crippen LogP contribution is -2.28. The van der Waals surface area contributed by atoms with Crippen molar-refractivity contribution in [2.45, 2.75) is 83.7 Å². The second-order valence-corrected chi connectivity index (χ2v) is 18.4. The molecule has 2 aliphatic rings. The molecule has 0 radical (unpaired) electrons. The molecular formula is C50H60N6O7S. The Labute approximate surface area is 376 Å². The van der Waals surface area contributed by atoms with Gasteiger partial charge in [0.25, 0.3) is 11.8 Å². The van der Waals surface area contributed by atoms with Gasteiger partial charge in [0.15, 0.2) is 0 Å². The predicted octanol–water partition coefficient (Wildman–Crippen LogP) is 8.31. The highest BCUT2D eigenvalue weighted by Crippen LogP contribution is 2.24. The van der Waals surface area contributed by atoms with Gasteiger partial charge >= 0.3 is 6.15 Å². The Kier molecular flexibility index (Phi) is 17.9. The number of aryl methyl sites for hydroxylation is 2. The predicted molar refractivity (Wildman–Crippen MR) is 250 cm³/mol. The number of aromatic nitrogens is 2.